The van der Waals surface area contributed by atoms with Gasteiger partial charge < -0.3 is 15.5 Å². The summed E-state index contributed by atoms with van der Waals surface area (Å²) in [7, 11) is 2.01. The van der Waals surface area contributed by atoms with E-state index in [-0.39, 0.29) is 5.56 Å². The molecule has 5 rings (SSSR count). The number of benzene rings is 1. The van der Waals surface area contributed by atoms with Gasteiger partial charge in [0.05, 0.1) is 5.69 Å². The average molecular weight is 459 g/mol. The molecule has 0 saturated heterocycles. The van der Waals surface area contributed by atoms with E-state index in [9.17, 15) is 4.79 Å². The van der Waals surface area contributed by atoms with Crippen molar-refractivity contribution in [3.8, 4) is 5.69 Å². The van der Waals surface area contributed by atoms with E-state index in [4.69, 9.17) is 4.98 Å². The first-order valence-corrected chi connectivity index (χ1v) is 11.7. The third-order valence-corrected chi connectivity index (χ3v) is 6.43. The van der Waals surface area contributed by atoms with Gasteiger partial charge in [-0.25, -0.2) is 19.3 Å². The van der Waals surface area contributed by atoms with Crippen molar-refractivity contribution >= 4 is 28.5 Å². The predicted molar refractivity (Wildman–Crippen MR) is 135 cm³/mol. The second kappa shape index (κ2) is 8.90. The van der Waals surface area contributed by atoms with Crippen LogP contribution in [-0.2, 0) is 19.5 Å². The minimum atomic E-state index is -0.110. The molecular weight excluding hydrogens is 428 g/mol. The molecule has 4 heterocycles. The number of anilines is 3. The lowest BCUT2D eigenvalue weighted by Gasteiger charge is -2.23. The molecular formula is C25H30N8O. The largest absolute Gasteiger partial charge is 0.357 e. The summed E-state index contributed by atoms with van der Waals surface area (Å²) in [6.07, 6.45) is 4.38. The van der Waals surface area contributed by atoms with Crippen LogP contribution in [0.15, 0.2) is 47.5 Å². The van der Waals surface area contributed by atoms with Crippen LogP contribution in [0, 0.1) is 0 Å². The Bertz CT molecular complexity index is 1400. The molecule has 176 valence electrons. The molecule has 1 aliphatic heterocycles. The van der Waals surface area contributed by atoms with Crippen molar-refractivity contribution in [2.75, 3.05) is 23.8 Å². The van der Waals surface area contributed by atoms with Gasteiger partial charge in [-0.2, -0.15) is 4.98 Å². The third kappa shape index (κ3) is 3.92. The zero-order valence-electron chi connectivity index (χ0n) is 20.0. The van der Waals surface area contributed by atoms with Gasteiger partial charge in [-0.3, -0.25) is 4.79 Å². The van der Waals surface area contributed by atoms with Crippen molar-refractivity contribution < 1.29 is 0 Å². The lowest BCUT2D eigenvalue weighted by atomic mass is 10.0. The van der Waals surface area contributed by atoms with Crippen molar-refractivity contribution in [2.45, 2.75) is 46.3 Å². The van der Waals surface area contributed by atoms with Gasteiger partial charge in [-0.1, -0.05) is 6.07 Å². The number of rotatable bonds is 6. The number of nitrogens with zero attached hydrogens (tertiary/aromatic N) is 6. The van der Waals surface area contributed by atoms with E-state index in [0.29, 0.717) is 29.6 Å². The normalized spacial score (nSPS) is 13.3. The predicted octanol–water partition coefficient (Wildman–Crippen LogP) is 3.23. The Morgan fingerprint density at radius 2 is 2.03 bits per heavy atom. The fraction of sp³-hybridized carbons (Fsp3) is 0.360. The van der Waals surface area contributed by atoms with Crippen LogP contribution in [0.2, 0.25) is 0 Å². The van der Waals surface area contributed by atoms with Gasteiger partial charge in [0.15, 0.2) is 5.65 Å². The van der Waals surface area contributed by atoms with E-state index in [1.54, 1.807) is 17.1 Å². The van der Waals surface area contributed by atoms with Crippen LogP contribution in [0.5, 0.6) is 0 Å². The van der Waals surface area contributed by atoms with E-state index < -0.39 is 0 Å². The summed E-state index contributed by atoms with van der Waals surface area (Å²) in [5.74, 6) is 1.29. The fourth-order valence-electron chi connectivity index (χ4n) is 4.32. The van der Waals surface area contributed by atoms with E-state index >= 15 is 0 Å². The summed E-state index contributed by atoms with van der Waals surface area (Å²) in [5.41, 5.74) is 4.88. The van der Waals surface area contributed by atoms with Gasteiger partial charge in [0, 0.05) is 50.3 Å². The zero-order chi connectivity index (χ0) is 23.8. The van der Waals surface area contributed by atoms with Crippen molar-refractivity contribution in [1.82, 2.24) is 29.6 Å². The summed E-state index contributed by atoms with van der Waals surface area (Å²) in [4.78, 5) is 28.9. The molecule has 9 nitrogen and oxygen atoms in total. The van der Waals surface area contributed by atoms with Gasteiger partial charge >= 0.3 is 0 Å². The smallest absolute Gasteiger partial charge is 0.278 e. The summed E-state index contributed by atoms with van der Waals surface area (Å²) in [6.45, 7) is 8.57. The molecule has 34 heavy (non-hydrogen) atoms. The Kier molecular flexibility index (Phi) is 5.79. The summed E-state index contributed by atoms with van der Waals surface area (Å²) >= 11 is 0. The maximum atomic E-state index is 13.1. The van der Waals surface area contributed by atoms with E-state index in [2.05, 4.69) is 51.5 Å². The Balaban J connectivity index is 1.58. The van der Waals surface area contributed by atoms with Gasteiger partial charge in [-0.15, -0.1) is 0 Å². The lowest BCUT2D eigenvalue weighted by molar-refractivity contribution is 0.574. The number of nitrogens with one attached hydrogen (secondary N) is 2. The maximum absolute atomic E-state index is 13.1. The second-order valence-electron chi connectivity index (χ2n) is 8.88. The molecule has 3 aromatic heterocycles. The molecule has 9 heteroatoms. The van der Waals surface area contributed by atoms with Crippen molar-refractivity contribution in [2.24, 2.45) is 0 Å². The highest BCUT2D eigenvalue weighted by Gasteiger charge is 2.18. The SMILES string of the molecule is CCn1c(=O)c2cnc(Nc3ccc4c(c3)CCNC4)nc2n1-c1ccnc(N(C)C(C)C)c1. The quantitative estimate of drug-likeness (QED) is 0.458. The molecule has 0 aliphatic carbocycles. The van der Waals surface area contributed by atoms with Crippen LogP contribution in [0.4, 0.5) is 17.5 Å². The molecule has 2 N–H and O–H groups in total. The molecule has 0 saturated carbocycles. The molecule has 0 fully saturated rings. The number of aromatic nitrogens is 5. The van der Waals surface area contributed by atoms with Gasteiger partial charge in [-0.05, 0) is 63.1 Å². The first-order chi connectivity index (χ1) is 16.5. The first-order valence-electron chi connectivity index (χ1n) is 11.7. The second-order valence-corrected chi connectivity index (χ2v) is 8.88. The van der Waals surface area contributed by atoms with Crippen LogP contribution in [0.3, 0.4) is 0 Å². The summed E-state index contributed by atoms with van der Waals surface area (Å²) in [6, 6.07) is 10.5. The molecule has 4 aromatic rings. The molecule has 0 unspecified atom stereocenters. The molecule has 1 aliphatic rings. The zero-order valence-corrected chi connectivity index (χ0v) is 20.0. The van der Waals surface area contributed by atoms with Crippen LogP contribution in [0.25, 0.3) is 16.7 Å². The Hall–Kier alpha value is -3.72. The third-order valence-electron chi connectivity index (χ3n) is 6.43. The van der Waals surface area contributed by atoms with Crippen LogP contribution < -0.4 is 21.1 Å². The standard InChI is InChI=1S/C25H30N8O/c1-5-32-24(34)21-15-28-25(29-19-7-6-18-14-26-10-8-17(18)12-19)30-23(21)33(32)20-9-11-27-22(13-20)31(4)16(2)3/h6-7,9,11-13,15-16,26H,5,8,10,14H2,1-4H3,(H,28,29,30). The summed E-state index contributed by atoms with van der Waals surface area (Å²) in [5, 5.41) is 7.21. The van der Waals surface area contributed by atoms with E-state index in [0.717, 1.165) is 36.7 Å². The highest BCUT2D eigenvalue weighted by molar-refractivity contribution is 5.77. The van der Waals surface area contributed by atoms with Crippen molar-refractivity contribution in [1.29, 1.82) is 0 Å². The highest BCUT2D eigenvalue weighted by Crippen LogP contribution is 2.24. The van der Waals surface area contributed by atoms with Crippen molar-refractivity contribution in [3.05, 3.63) is 64.2 Å². The topological polar surface area (TPSA) is 92.9 Å². The number of fused-ring (bicyclic) bond motifs is 2. The number of pyridine rings is 1. The van der Waals surface area contributed by atoms with E-state index in [1.165, 1.54) is 11.1 Å². The molecule has 0 bridgehead atoms. The highest BCUT2D eigenvalue weighted by atomic mass is 16.1. The Labute approximate surface area is 198 Å². The number of hydrogen-bond donors (Lipinski definition) is 2. The minimum Gasteiger partial charge on any atom is -0.357 e. The van der Waals surface area contributed by atoms with Gasteiger partial charge in [0.25, 0.3) is 5.56 Å². The Morgan fingerprint density at radius 1 is 1.18 bits per heavy atom. The molecule has 0 amide bonds. The lowest BCUT2D eigenvalue weighted by Crippen LogP contribution is -2.27. The molecule has 0 spiro atoms. The van der Waals surface area contributed by atoms with Crippen LogP contribution in [-0.4, -0.2) is 43.9 Å². The van der Waals surface area contributed by atoms with Crippen molar-refractivity contribution in [3.63, 3.8) is 0 Å². The van der Waals surface area contributed by atoms with Crippen LogP contribution >= 0.6 is 0 Å². The monoisotopic (exact) mass is 458 g/mol. The average Bonchev–Trinajstić information content (AvgIpc) is 3.14. The minimum absolute atomic E-state index is 0.110. The molecule has 0 radical (unpaired) electrons. The maximum Gasteiger partial charge on any atom is 0.278 e. The van der Waals surface area contributed by atoms with Gasteiger partial charge in [0.2, 0.25) is 5.95 Å². The fourth-order valence-corrected chi connectivity index (χ4v) is 4.32. The first kappa shape index (κ1) is 22.1. The number of hydrogen-bond acceptors (Lipinski definition) is 7. The van der Waals surface area contributed by atoms with E-state index in [1.807, 2.05) is 36.9 Å². The van der Waals surface area contributed by atoms with Gasteiger partial charge in [0.1, 0.15) is 11.2 Å². The van der Waals surface area contributed by atoms with Crippen LogP contribution in [0.1, 0.15) is 31.9 Å². The summed E-state index contributed by atoms with van der Waals surface area (Å²) < 4.78 is 3.55. The molecule has 0 atom stereocenters. The Morgan fingerprint density at radius 3 is 2.82 bits per heavy atom. The molecule has 1 aromatic carbocycles.